The first kappa shape index (κ1) is 20.6. The third kappa shape index (κ3) is 6.83. The zero-order valence-electron chi connectivity index (χ0n) is 16.5. The quantitative estimate of drug-likeness (QED) is 0.694. The van der Waals surface area contributed by atoms with Crippen LogP contribution in [0.3, 0.4) is 0 Å². The van der Waals surface area contributed by atoms with Crippen molar-refractivity contribution in [2.75, 3.05) is 41.5 Å². The summed E-state index contributed by atoms with van der Waals surface area (Å²) in [7, 11) is 7.19. The van der Waals surface area contributed by atoms with Crippen LogP contribution in [-0.2, 0) is 17.8 Å². The molecule has 0 aromatic heterocycles. The third-order valence-electron chi connectivity index (χ3n) is 4.03. The van der Waals surface area contributed by atoms with E-state index in [1.165, 1.54) is 0 Å². The van der Waals surface area contributed by atoms with Crippen LogP contribution in [0.2, 0.25) is 0 Å². The van der Waals surface area contributed by atoms with Crippen molar-refractivity contribution >= 4 is 5.91 Å². The Balaban J connectivity index is 1.81. The van der Waals surface area contributed by atoms with Gasteiger partial charge in [0.15, 0.2) is 11.5 Å². The first-order chi connectivity index (χ1) is 13.0. The molecule has 0 aliphatic rings. The summed E-state index contributed by atoms with van der Waals surface area (Å²) in [5.74, 6) is 2.05. The molecule has 0 atom stereocenters. The maximum atomic E-state index is 12.2. The Morgan fingerprint density at radius 1 is 0.963 bits per heavy atom. The van der Waals surface area contributed by atoms with Gasteiger partial charge >= 0.3 is 0 Å². The number of rotatable bonds is 10. The molecule has 0 aliphatic heterocycles. The van der Waals surface area contributed by atoms with Gasteiger partial charge in [0.25, 0.3) is 0 Å². The zero-order chi connectivity index (χ0) is 19.6. The Labute approximate surface area is 161 Å². The maximum absolute atomic E-state index is 12.2. The van der Waals surface area contributed by atoms with Gasteiger partial charge in [0.2, 0.25) is 5.91 Å². The van der Waals surface area contributed by atoms with Gasteiger partial charge in [0.05, 0.1) is 20.6 Å². The summed E-state index contributed by atoms with van der Waals surface area (Å²) in [5, 5.41) is 2.93. The summed E-state index contributed by atoms with van der Waals surface area (Å²) in [5.41, 5.74) is 1.89. The van der Waals surface area contributed by atoms with Crippen LogP contribution in [-0.4, -0.2) is 52.3 Å². The number of benzene rings is 2. The van der Waals surface area contributed by atoms with E-state index in [9.17, 15) is 4.79 Å². The molecule has 2 rings (SSSR count). The van der Waals surface area contributed by atoms with Gasteiger partial charge in [-0.1, -0.05) is 18.2 Å². The molecule has 6 nitrogen and oxygen atoms in total. The molecule has 0 fully saturated rings. The number of amides is 1. The van der Waals surface area contributed by atoms with Crippen LogP contribution in [0.25, 0.3) is 0 Å². The number of carbonyl (C=O) groups is 1. The molecule has 0 saturated heterocycles. The van der Waals surface area contributed by atoms with Crippen molar-refractivity contribution in [2.24, 2.45) is 0 Å². The molecule has 27 heavy (non-hydrogen) atoms. The van der Waals surface area contributed by atoms with Gasteiger partial charge < -0.3 is 24.4 Å². The lowest BCUT2D eigenvalue weighted by molar-refractivity contribution is -0.120. The predicted molar refractivity (Wildman–Crippen MR) is 106 cm³/mol. The SMILES string of the molecule is COc1ccc(CC(=O)NCc2ccc(OCCN(C)C)cc2)cc1OC. The average molecular weight is 372 g/mol. The van der Waals surface area contributed by atoms with E-state index in [4.69, 9.17) is 14.2 Å². The molecule has 146 valence electrons. The molecule has 2 aromatic carbocycles. The third-order valence-corrected chi connectivity index (χ3v) is 4.03. The number of methoxy groups -OCH3 is 2. The van der Waals surface area contributed by atoms with Crippen molar-refractivity contribution in [3.63, 3.8) is 0 Å². The summed E-state index contributed by atoms with van der Waals surface area (Å²) in [4.78, 5) is 14.3. The van der Waals surface area contributed by atoms with Crippen LogP contribution < -0.4 is 19.5 Å². The highest BCUT2D eigenvalue weighted by Crippen LogP contribution is 2.27. The normalized spacial score (nSPS) is 10.6. The summed E-state index contributed by atoms with van der Waals surface area (Å²) in [6, 6.07) is 13.2. The van der Waals surface area contributed by atoms with Gasteiger partial charge in [-0.25, -0.2) is 0 Å². The average Bonchev–Trinajstić information content (AvgIpc) is 2.67. The fourth-order valence-corrected chi connectivity index (χ4v) is 2.49. The van der Waals surface area contributed by atoms with E-state index in [-0.39, 0.29) is 12.3 Å². The van der Waals surface area contributed by atoms with E-state index in [1.807, 2.05) is 50.5 Å². The number of likely N-dealkylation sites (N-methyl/N-ethyl adjacent to an activating group) is 1. The highest BCUT2D eigenvalue weighted by atomic mass is 16.5. The number of carbonyl (C=O) groups excluding carboxylic acids is 1. The van der Waals surface area contributed by atoms with Crippen LogP contribution in [0.1, 0.15) is 11.1 Å². The van der Waals surface area contributed by atoms with E-state index in [2.05, 4.69) is 10.2 Å². The molecule has 0 bridgehead atoms. The lowest BCUT2D eigenvalue weighted by Gasteiger charge is -2.12. The minimum atomic E-state index is -0.0477. The summed E-state index contributed by atoms with van der Waals surface area (Å²) < 4.78 is 16.1. The second kappa shape index (κ2) is 10.4. The first-order valence-electron chi connectivity index (χ1n) is 8.86. The Kier molecular flexibility index (Phi) is 7.95. The maximum Gasteiger partial charge on any atom is 0.224 e. The minimum absolute atomic E-state index is 0.0477. The Morgan fingerprint density at radius 2 is 1.63 bits per heavy atom. The van der Waals surface area contributed by atoms with Crippen LogP contribution in [0.15, 0.2) is 42.5 Å². The van der Waals surface area contributed by atoms with Crippen LogP contribution >= 0.6 is 0 Å². The van der Waals surface area contributed by atoms with Crippen molar-refractivity contribution < 1.29 is 19.0 Å². The molecule has 2 aromatic rings. The Hall–Kier alpha value is -2.73. The van der Waals surface area contributed by atoms with Crippen molar-refractivity contribution in [1.82, 2.24) is 10.2 Å². The molecule has 0 heterocycles. The van der Waals surface area contributed by atoms with Gasteiger partial charge in [0.1, 0.15) is 12.4 Å². The highest BCUT2D eigenvalue weighted by molar-refractivity contribution is 5.78. The monoisotopic (exact) mass is 372 g/mol. The molecular formula is C21H28N2O4. The topological polar surface area (TPSA) is 60.0 Å². The van der Waals surface area contributed by atoms with Gasteiger partial charge in [-0.05, 0) is 49.5 Å². The van der Waals surface area contributed by atoms with Crippen molar-refractivity contribution in [3.05, 3.63) is 53.6 Å². The first-order valence-corrected chi connectivity index (χ1v) is 8.86. The summed E-state index contributed by atoms with van der Waals surface area (Å²) >= 11 is 0. The fraction of sp³-hybridized carbons (Fsp3) is 0.381. The van der Waals surface area contributed by atoms with E-state index in [1.54, 1.807) is 20.3 Å². The van der Waals surface area contributed by atoms with Gasteiger partial charge in [-0.3, -0.25) is 4.79 Å². The smallest absolute Gasteiger partial charge is 0.224 e. The molecule has 0 unspecified atom stereocenters. The van der Waals surface area contributed by atoms with Crippen molar-refractivity contribution in [1.29, 1.82) is 0 Å². The molecule has 1 N–H and O–H groups in total. The van der Waals surface area contributed by atoms with E-state index < -0.39 is 0 Å². The van der Waals surface area contributed by atoms with Crippen molar-refractivity contribution in [3.8, 4) is 17.2 Å². The molecular weight excluding hydrogens is 344 g/mol. The molecule has 1 amide bonds. The van der Waals surface area contributed by atoms with Gasteiger partial charge in [-0.2, -0.15) is 0 Å². The number of hydrogen-bond donors (Lipinski definition) is 1. The summed E-state index contributed by atoms with van der Waals surface area (Å²) in [6.45, 7) is 1.99. The molecule has 0 saturated carbocycles. The van der Waals surface area contributed by atoms with Crippen LogP contribution in [0, 0.1) is 0 Å². The Morgan fingerprint density at radius 3 is 2.26 bits per heavy atom. The number of hydrogen-bond acceptors (Lipinski definition) is 5. The molecule has 0 spiro atoms. The Bertz CT molecular complexity index is 729. The standard InChI is InChI=1S/C21H28N2O4/c1-23(2)11-12-27-18-8-5-16(6-9-18)15-22-21(24)14-17-7-10-19(25-3)20(13-17)26-4/h5-10,13H,11-12,14-15H2,1-4H3,(H,22,24). The van der Waals surface area contributed by atoms with Gasteiger partial charge in [-0.15, -0.1) is 0 Å². The number of nitrogens with zero attached hydrogens (tertiary/aromatic N) is 1. The predicted octanol–water partition coefficient (Wildman–Crippen LogP) is 2.50. The van der Waals surface area contributed by atoms with E-state index in [0.717, 1.165) is 23.4 Å². The molecule has 0 aliphatic carbocycles. The largest absolute Gasteiger partial charge is 0.493 e. The van der Waals surface area contributed by atoms with Crippen LogP contribution in [0.5, 0.6) is 17.2 Å². The van der Waals surface area contributed by atoms with Crippen molar-refractivity contribution in [2.45, 2.75) is 13.0 Å². The lowest BCUT2D eigenvalue weighted by Crippen LogP contribution is -2.24. The molecule has 6 heteroatoms. The fourth-order valence-electron chi connectivity index (χ4n) is 2.49. The molecule has 0 radical (unpaired) electrons. The highest BCUT2D eigenvalue weighted by Gasteiger charge is 2.08. The van der Waals surface area contributed by atoms with E-state index >= 15 is 0 Å². The lowest BCUT2D eigenvalue weighted by atomic mass is 10.1. The minimum Gasteiger partial charge on any atom is -0.493 e. The second-order valence-electron chi connectivity index (χ2n) is 6.44. The van der Waals surface area contributed by atoms with E-state index in [0.29, 0.717) is 24.7 Å². The van der Waals surface area contributed by atoms with Gasteiger partial charge in [0, 0.05) is 13.1 Å². The summed E-state index contributed by atoms with van der Waals surface area (Å²) in [6.07, 6.45) is 0.284. The second-order valence-corrected chi connectivity index (χ2v) is 6.44. The van der Waals surface area contributed by atoms with Crippen LogP contribution in [0.4, 0.5) is 0 Å². The number of nitrogens with one attached hydrogen (secondary N) is 1. The zero-order valence-corrected chi connectivity index (χ0v) is 16.5. The number of ether oxygens (including phenoxy) is 3.